The number of hydrogen-bond acceptors (Lipinski definition) is 7. The molecule has 4 unspecified atom stereocenters. The first kappa shape index (κ1) is 25.6. The second kappa shape index (κ2) is 12.4. The number of amides is 2. The van der Waals surface area contributed by atoms with Crippen LogP contribution in [-0.2, 0) is 11.2 Å². The predicted octanol–water partition coefficient (Wildman–Crippen LogP) is 3.41. The van der Waals surface area contributed by atoms with E-state index in [1.807, 2.05) is 43.3 Å². The van der Waals surface area contributed by atoms with Crippen LogP contribution in [0.15, 0.2) is 53.4 Å². The summed E-state index contributed by atoms with van der Waals surface area (Å²) in [5.74, 6) is -0.613. The molecule has 1 aliphatic carbocycles. The van der Waals surface area contributed by atoms with Crippen LogP contribution in [0.3, 0.4) is 0 Å². The third kappa shape index (κ3) is 6.97. The second-order valence-corrected chi connectivity index (χ2v) is 9.94. The van der Waals surface area contributed by atoms with Gasteiger partial charge in [-0.2, -0.15) is 0 Å². The Morgan fingerprint density at radius 3 is 2.58 bits per heavy atom. The fourth-order valence-electron chi connectivity index (χ4n) is 3.88. The fourth-order valence-corrected chi connectivity index (χ4v) is 5.18. The minimum absolute atomic E-state index is 0.102. The zero-order valence-corrected chi connectivity index (χ0v) is 20.4. The monoisotopic (exact) mass is 489 g/mol. The van der Waals surface area contributed by atoms with Crippen LogP contribution in [-0.4, -0.2) is 45.9 Å². The molecular formula is C24H31N3O4S2. The molecule has 0 fully saturated rings. The lowest BCUT2D eigenvalue weighted by atomic mass is 10.0. The van der Waals surface area contributed by atoms with Gasteiger partial charge in [-0.25, -0.2) is 0 Å². The standard InChI is InChI=1S/C24H31N3O4S2/c1-3-25-24(30)16-8-10-19(11-9-16)32-26-14-18(28)12-15(2)23(29)27-22-20-7-5-4-6-17(20)13-21(22)33-31/h4-11,15,18,21-22,26,28,31H,3,12-14H2,1-2H3,(H,25,30)(H,27,29). The number of carbonyl (C=O) groups excluding carboxylic acids is 2. The van der Waals surface area contributed by atoms with Gasteiger partial charge in [0.1, 0.15) is 0 Å². The van der Waals surface area contributed by atoms with Crippen LogP contribution in [0, 0.1) is 5.92 Å². The summed E-state index contributed by atoms with van der Waals surface area (Å²) >= 11 is 2.15. The molecule has 9 heteroatoms. The minimum Gasteiger partial charge on any atom is -0.392 e. The number of benzene rings is 2. The molecule has 0 saturated carbocycles. The quantitative estimate of drug-likeness (QED) is 0.243. The molecule has 0 saturated heterocycles. The van der Waals surface area contributed by atoms with E-state index in [4.69, 9.17) is 0 Å². The normalized spacial score (nSPS) is 18.9. The SMILES string of the molecule is CCNC(=O)c1ccc(SNCC(O)CC(C)C(=O)NC2c3ccccc3CC2SO)cc1. The van der Waals surface area contributed by atoms with Crippen LogP contribution in [0.2, 0.25) is 0 Å². The molecule has 2 aromatic rings. The van der Waals surface area contributed by atoms with Gasteiger partial charge in [0, 0.05) is 29.5 Å². The average Bonchev–Trinajstić information content (AvgIpc) is 3.17. The second-order valence-electron chi connectivity index (χ2n) is 8.16. The van der Waals surface area contributed by atoms with Crippen LogP contribution in [0.25, 0.3) is 0 Å². The van der Waals surface area contributed by atoms with Gasteiger partial charge >= 0.3 is 0 Å². The minimum atomic E-state index is -0.688. The van der Waals surface area contributed by atoms with Crippen LogP contribution in [0.5, 0.6) is 0 Å². The van der Waals surface area contributed by atoms with Gasteiger partial charge in [0.25, 0.3) is 5.91 Å². The van der Waals surface area contributed by atoms with E-state index in [1.54, 1.807) is 19.1 Å². The van der Waals surface area contributed by atoms with Crippen LogP contribution in [0.1, 0.15) is 47.8 Å². The largest absolute Gasteiger partial charge is 0.392 e. The van der Waals surface area contributed by atoms with E-state index in [2.05, 4.69) is 15.4 Å². The third-order valence-electron chi connectivity index (χ3n) is 5.65. The fraction of sp³-hybridized carbons (Fsp3) is 0.417. The maximum Gasteiger partial charge on any atom is 0.251 e. The summed E-state index contributed by atoms with van der Waals surface area (Å²) in [5.41, 5.74) is 2.79. The van der Waals surface area contributed by atoms with E-state index >= 15 is 0 Å². The summed E-state index contributed by atoms with van der Waals surface area (Å²) in [4.78, 5) is 25.5. The van der Waals surface area contributed by atoms with Crippen molar-refractivity contribution in [2.75, 3.05) is 13.1 Å². The Morgan fingerprint density at radius 2 is 1.88 bits per heavy atom. The molecule has 3 rings (SSSR count). The van der Waals surface area contributed by atoms with Gasteiger partial charge in [-0.15, -0.1) is 0 Å². The molecule has 4 atom stereocenters. The van der Waals surface area contributed by atoms with Crippen molar-refractivity contribution in [1.29, 1.82) is 0 Å². The highest BCUT2D eigenvalue weighted by atomic mass is 32.2. The highest BCUT2D eigenvalue weighted by Crippen LogP contribution is 2.37. The molecule has 0 heterocycles. The van der Waals surface area contributed by atoms with Crippen molar-refractivity contribution >= 4 is 35.8 Å². The molecule has 0 radical (unpaired) electrons. The van der Waals surface area contributed by atoms with Crippen molar-refractivity contribution in [3.05, 3.63) is 65.2 Å². The van der Waals surface area contributed by atoms with Crippen molar-refractivity contribution in [2.45, 2.75) is 49.0 Å². The zero-order valence-electron chi connectivity index (χ0n) is 18.8. The Morgan fingerprint density at radius 1 is 1.15 bits per heavy atom. The third-order valence-corrected chi connectivity index (χ3v) is 7.18. The zero-order chi connectivity index (χ0) is 23.8. The van der Waals surface area contributed by atoms with Crippen LogP contribution < -0.4 is 15.4 Å². The van der Waals surface area contributed by atoms with Gasteiger partial charge in [-0.1, -0.05) is 31.2 Å². The van der Waals surface area contributed by atoms with Crippen molar-refractivity contribution < 1.29 is 19.2 Å². The molecule has 2 amide bonds. The van der Waals surface area contributed by atoms with Crippen LogP contribution in [0.4, 0.5) is 0 Å². The lowest BCUT2D eigenvalue weighted by Gasteiger charge is -2.23. The van der Waals surface area contributed by atoms with E-state index < -0.39 is 6.10 Å². The molecular weight excluding hydrogens is 458 g/mol. The Kier molecular flexibility index (Phi) is 9.64. The van der Waals surface area contributed by atoms with Crippen LogP contribution >= 0.6 is 24.0 Å². The van der Waals surface area contributed by atoms with Crippen molar-refractivity contribution in [2.24, 2.45) is 5.92 Å². The summed E-state index contributed by atoms with van der Waals surface area (Å²) < 4.78 is 12.8. The van der Waals surface area contributed by atoms with Crippen molar-refractivity contribution in [1.82, 2.24) is 15.4 Å². The lowest BCUT2D eigenvalue weighted by Crippen LogP contribution is -2.38. The van der Waals surface area contributed by atoms with Gasteiger partial charge in [-0.05, 0) is 79.1 Å². The number of fused-ring (bicyclic) bond motifs is 1. The van der Waals surface area contributed by atoms with Gasteiger partial charge in [0.15, 0.2) is 0 Å². The Labute approximate surface area is 203 Å². The first-order valence-electron chi connectivity index (χ1n) is 11.1. The molecule has 7 nitrogen and oxygen atoms in total. The maximum absolute atomic E-state index is 12.8. The van der Waals surface area contributed by atoms with E-state index in [0.717, 1.165) is 28.1 Å². The topological polar surface area (TPSA) is 111 Å². The van der Waals surface area contributed by atoms with E-state index in [-0.39, 0.29) is 29.0 Å². The van der Waals surface area contributed by atoms with Gasteiger partial charge in [0.2, 0.25) is 5.91 Å². The average molecular weight is 490 g/mol. The number of aliphatic hydroxyl groups is 1. The molecule has 33 heavy (non-hydrogen) atoms. The molecule has 5 N–H and O–H groups in total. The molecule has 0 spiro atoms. The number of aliphatic hydroxyl groups excluding tert-OH is 1. The van der Waals surface area contributed by atoms with E-state index in [1.165, 1.54) is 11.9 Å². The number of carbonyl (C=O) groups is 2. The van der Waals surface area contributed by atoms with Gasteiger partial charge in [-0.3, -0.25) is 14.3 Å². The lowest BCUT2D eigenvalue weighted by molar-refractivity contribution is -0.126. The Hall–Kier alpha value is -2.04. The molecule has 0 bridgehead atoms. The van der Waals surface area contributed by atoms with Gasteiger partial charge in [0.05, 0.1) is 17.4 Å². The number of rotatable bonds is 11. The first-order valence-corrected chi connectivity index (χ1v) is 12.7. The first-order chi connectivity index (χ1) is 15.9. The molecule has 1 aliphatic rings. The summed E-state index contributed by atoms with van der Waals surface area (Å²) in [6, 6.07) is 14.9. The maximum atomic E-state index is 12.8. The molecule has 2 aromatic carbocycles. The summed E-state index contributed by atoms with van der Waals surface area (Å²) in [7, 11) is 0. The summed E-state index contributed by atoms with van der Waals surface area (Å²) in [5, 5.41) is 16.1. The smallest absolute Gasteiger partial charge is 0.251 e. The predicted molar refractivity (Wildman–Crippen MR) is 133 cm³/mol. The van der Waals surface area contributed by atoms with Gasteiger partial charge < -0.3 is 20.3 Å². The summed E-state index contributed by atoms with van der Waals surface area (Å²) in [6.45, 7) is 4.58. The molecule has 0 aliphatic heterocycles. The highest BCUT2D eigenvalue weighted by molar-refractivity contribution is 7.97. The molecule has 0 aromatic heterocycles. The highest BCUT2D eigenvalue weighted by Gasteiger charge is 2.34. The van der Waals surface area contributed by atoms with Crippen molar-refractivity contribution in [3.63, 3.8) is 0 Å². The molecule has 178 valence electrons. The Balaban J connectivity index is 1.43. The van der Waals surface area contributed by atoms with Crippen molar-refractivity contribution in [3.8, 4) is 0 Å². The Bertz CT molecular complexity index is 942. The summed E-state index contributed by atoms with van der Waals surface area (Å²) in [6.07, 6.45) is 0.345. The van der Waals surface area contributed by atoms with E-state index in [9.17, 15) is 19.2 Å². The number of nitrogens with one attached hydrogen (secondary N) is 3. The van der Waals surface area contributed by atoms with E-state index in [0.29, 0.717) is 31.5 Å². The number of hydrogen-bond donors (Lipinski definition) is 5.